The molecule has 7 heteroatoms. The van der Waals surface area contributed by atoms with Crippen molar-refractivity contribution in [3.8, 4) is 0 Å². The molecule has 2 fully saturated rings. The van der Waals surface area contributed by atoms with Crippen LogP contribution in [0.15, 0.2) is 0 Å². The number of ether oxygens (including phenoxy) is 1. The van der Waals surface area contributed by atoms with Gasteiger partial charge in [-0.15, -0.1) is 0 Å². The molecule has 1 N–H and O–H groups in total. The van der Waals surface area contributed by atoms with Crippen LogP contribution in [-0.2, 0) is 14.3 Å². The van der Waals surface area contributed by atoms with Crippen LogP contribution in [0, 0.1) is 0 Å². The van der Waals surface area contributed by atoms with Gasteiger partial charge in [0.25, 0.3) is 6.43 Å². The van der Waals surface area contributed by atoms with Crippen LogP contribution in [0.25, 0.3) is 0 Å². The summed E-state index contributed by atoms with van der Waals surface area (Å²) in [5.41, 5.74) is -0.768. The van der Waals surface area contributed by atoms with E-state index in [1.807, 2.05) is 0 Å². The van der Waals surface area contributed by atoms with Gasteiger partial charge in [-0.2, -0.15) is 0 Å². The van der Waals surface area contributed by atoms with E-state index in [-0.39, 0.29) is 31.4 Å². The molecule has 20 heavy (non-hydrogen) atoms. The average molecular weight is 290 g/mol. The standard InChI is InChI=1S/C13H20F2N2O3/c14-10(15)9-20-8-7-17-6-3-11(18)16-13(12(17)19)4-1-2-5-13/h10H,1-9H2,(H,16,18). The summed E-state index contributed by atoms with van der Waals surface area (Å²) < 4.78 is 28.8. The van der Waals surface area contributed by atoms with Crippen LogP contribution in [0.2, 0.25) is 0 Å². The Balaban J connectivity index is 1.94. The van der Waals surface area contributed by atoms with Gasteiger partial charge in [0.05, 0.1) is 6.61 Å². The number of nitrogens with one attached hydrogen (secondary N) is 1. The van der Waals surface area contributed by atoms with Crippen molar-refractivity contribution in [3.05, 3.63) is 0 Å². The molecule has 0 atom stereocenters. The normalized spacial score (nSPS) is 22.4. The van der Waals surface area contributed by atoms with E-state index in [0.717, 1.165) is 12.8 Å². The van der Waals surface area contributed by atoms with Gasteiger partial charge < -0.3 is 15.0 Å². The van der Waals surface area contributed by atoms with Crippen LogP contribution < -0.4 is 5.32 Å². The van der Waals surface area contributed by atoms with Crippen LogP contribution in [0.1, 0.15) is 32.1 Å². The summed E-state index contributed by atoms with van der Waals surface area (Å²) >= 11 is 0. The first-order valence-corrected chi connectivity index (χ1v) is 7.00. The molecule has 1 saturated heterocycles. The molecule has 2 amide bonds. The highest BCUT2D eigenvalue weighted by Crippen LogP contribution is 2.32. The summed E-state index contributed by atoms with van der Waals surface area (Å²) in [6, 6.07) is 0. The van der Waals surface area contributed by atoms with E-state index in [9.17, 15) is 18.4 Å². The molecule has 1 aliphatic heterocycles. The summed E-state index contributed by atoms with van der Waals surface area (Å²) in [4.78, 5) is 25.8. The van der Waals surface area contributed by atoms with Crippen molar-refractivity contribution in [1.82, 2.24) is 10.2 Å². The second-order valence-electron chi connectivity index (χ2n) is 5.35. The van der Waals surface area contributed by atoms with Crippen LogP contribution in [-0.4, -0.2) is 55.0 Å². The minimum atomic E-state index is -2.50. The lowest BCUT2D eigenvalue weighted by molar-refractivity contribution is -0.139. The molecule has 0 aromatic rings. The van der Waals surface area contributed by atoms with Crippen molar-refractivity contribution in [3.63, 3.8) is 0 Å². The number of hydrogen-bond acceptors (Lipinski definition) is 3. The topological polar surface area (TPSA) is 58.6 Å². The van der Waals surface area contributed by atoms with Crippen molar-refractivity contribution >= 4 is 11.8 Å². The Labute approximate surface area is 116 Å². The molecule has 1 heterocycles. The molecule has 1 aliphatic carbocycles. The lowest BCUT2D eigenvalue weighted by Gasteiger charge is -2.31. The molecule has 114 valence electrons. The number of hydrogen-bond donors (Lipinski definition) is 1. The van der Waals surface area contributed by atoms with Crippen molar-refractivity contribution in [1.29, 1.82) is 0 Å². The van der Waals surface area contributed by atoms with Crippen LogP contribution >= 0.6 is 0 Å². The molecule has 2 rings (SSSR count). The second-order valence-corrected chi connectivity index (χ2v) is 5.35. The Kier molecular flexibility index (Phi) is 4.91. The fourth-order valence-corrected chi connectivity index (χ4v) is 2.90. The molecule has 1 saturated carbocycles. The van der Waals surface area contributed by atoms with Crippen LogP contribution in [0.5, 0.6) is 0 Å². The smallest absolute Gasteiger partial charge is 0.261 e. The maximum absolute atomic E-state index is 12.6. The molecule has 1 spiro atoms. The third-order valence-electron chi connectivity index (χ3n) is 3.89. The average Bonchev–Trinajstić information content (AvgIpc) is 2.82. The molecule has 0 aromatic carbocycles. The van der Waals surface area contributed by atoms with Gasteiger partial charge in [-0.3, -0.25) is 9.59 Å². The van der Waals surface area contributed by atoms with E-state index in [1.165, 1.54) is 0 Å². The maximum Gasteiger partial charge on any atom is 0.261 e. The molecular weight excluding hydrogens is 270 g/mol. The summed E-state index contributed by atoms with van der Waals surface area (Å²) in [7, 11) is 0. The van der Waals surface area contributed by atoms with Gasteiger partial charge in [-0.05, 0) is 12.8 Å². The molecule has 5 nitrogen and oxygen atoms in total. The van der Waals surface area contributed by atoms with Gasteiger partial charge in [0.1, 0.15) is 12.1 Å². The Morgan fingerprint density at radius 1 is 1.30 bits per heavy atom. The number of halogens is 2. The van der Waals surface area contributed by atoms with Gasteiger partial charge in [-0.25, -0.2) is 8.78 Å². The van der Waals surface area contributed by atoms with E-state index in [0.29, 0.717) is 19.4 Å². The zero-order valence-corrected chi connectivity index (χ0v) is 11.4. The largest absolute Gasteiger partial charge is 0.374 e. The van der Waals surface area contributed by atoms with E-state index < -0.39 is 18.6 Å². The first kappa shape index (κ1) is 15.2. The molecular formula is C13H20F2N2O3. The molecule has 0 aromatic heterocycles. The minimum absolute atomic E-state index is 0.0698. The molecule has 0 unspecified atom stereocenters. The quantitative estimate of drug-likeness (QED) is 0.766. The Morgan fingerprint density at radius 3 is 2.65 bits per heavy atom. The van der Waals surface area contributed by atoms with Crippen molar-refractivity contribution in [2.75, 3.05) is 26.3 Å². The van der Waals surface area contributed by atoms with E-state index in [1.54, 1.807) is 4.90 Å². The summed E-state index contributed by atoms with van der Waals surface area (Å²) in [5, 5.41) is 2.85. The Hall–Kier alpha value is -1.24. The third-order valence-corrected chi connectivity index (χ3v) is 3.89. The lowest BCUT2D eigenvalue weighted by atomic mass is 9.96. The first-order chi connectivity index (χ1) is 9.53. The predicted molar refractivity (Wildman–Crippen MR) is 67.4 cm³/mol. The van der Waals surface area contributed by atoms with Crippen molar-refractivity contribution < 1.29 is 23.1 Å². The molecule has 0 bridgehead atoms. The zero-order chi connectivity index (χ0) is 14.6. The predicted octanol–water partition coefficient (Wildman–Crippen LogP) is 0.929. The van der Waals surface area contributed by atoms with Gasteiger partial charge in [0.15, 0.2) is 0 Å². The van der Waals surface area contributed by atoms with E-state index >= 15 is 0 Å². The maximum atomic E-state index is 12.6. The summed E-state index contributed by atoms with van der Waals surface area (Å²) in [6.07, 6.45) is 0.906. The number of carbonyl (C=O) groups excluding carboxylic acids is 2. The van der Waals surface area contributed by atoms with Crippen molar-refractivity contribution in [2.24, 2.45) is 0 Å². The number of nitrogens with zero attached hydrogens (tertiary/aromatic N) is 1. The number of alkyl halides is 2. The SMILES string of the molecule is O=C1CCN(CCOCC(F)F)C(=O)C2(CCCC2)N1. The zero-order valence-electron chi connectivity index (χ0n) is 11.4. The number of amides is 2. The Bertz CT molecular complexity index is 371. The fraction of sp³-hybridized carbons (Fsp3) is 0.846. The monoisotopic (exact) mass is 290 g/mol. The summed E-state index contributed by atoms with van der Waals surface area (Å²) in [5.74, 6) is -0.210. The highest BCUT2D eigenvalue weighted by molar-refractivity contribution is 5.93. The second kappa shape index (κ2) is 6.47. The van der Waals surface area contributed by atoms with Crippen LogP contribution in [0.4, 0.5) is 8.78 Å². The minimum Gasteiger partial charge on any atom is -0.374 e. The van der Waals surface area contributed by atoms with E-state index in [2.05, 4.69) is 5.32 Å². The van der Waals surface area contributed by atoms with Crippen molar-refractivity contribution in [2.45, 2.75) is 44.1 Å². The fourth-order valence-electron chi connectivity index (χ4n) is 2.90. The molecule has 2 aliphatic rings. The lowest BCUT2D eigenvalue weighted by Crippen LogP contribution is -2.55. The summed E-state index contributed by atoms with van der Waals surface area (Å²) in [6.45, 7) is 0.0252. The highest BCUT2D eigenvalue weighted by atomic mass is 19.3. The number of rotatable bonds is 5. The van der Waals surface area contributed by atoms with Gasteiger partial charge in [0, 0.05) is 19.5 Å². The first-order valence-electron chi connectivity index (χ1n) is 7.00. The number of carbonyl (C=O) groups is 2. The third kappa shape index (κ3) is 3.45. The van der Waals surface area contributed by atoms with Gasteiger partial charge in [-0.1, -0.05) is 12.8 Å². The van der Waals surface area contributed by atoms with Crippen LogP contribution in [0.3, 0.4) is 0 Å². The van der Waals surface area contributed by atoms with Gasteiger partial charge in [0.2, 0.25) is 11.8 Å². The Morgan fingerprint density at radius 2 is 2.00 bits per heavy atom. The highest BCUT2D eigenvalue weighted by Gasteiger charge is 2.46. The van der Waals surface area contributed by atoms with Gasteiger partial charge >= 0.3 is 0 Å². The van der Waals surface area contributed by atoms with E-state index in [4.69, 9.17) is 4.74 Å². The molecule has 0 radical (unpaired) electrons.